The Labute approximate surface area is 225 Å². The minimum atomic E-state index is -4.39. The van der Waals surface area contributed by atoms with Crippen LogP contribution in [0.1, 0.15) is 41.5 Å². The van der Waals surface area contributed by atoms with E-state index in [4.69, 9.17) is 11.6 Å². The number of para-hydroxylation sites is 1. The molecule has 0 spiro atoms. The fourth-order valence-corrected chi connectivity index (χ4v) is 5.63. The summed E-state index contributed by atoms with van der Waals surface area (Å²) in [6.45, 7) is 3.94. The summed E-state index contributed by atoms with van der Waals surface area (Å²) in [5, 5.41) is 1.69. The largest absolute Gasteiger partial charge is 0.416 e. The van der Waals surface area contributed by atoms with Gasteiger partial charge in [0.05, 0.1) is 5.56 Å². The number of aryl methyl sites for hydroxylation is 1. The van der Waals surface area contributed by atoms with E-state index in [1.807, 2.05) is 41.4 Å². The zero-order chi connectivity index (χ0) is 26.9. The zero-order valence-corrected chi connectivity index (χ0v) is 21.8. The molecule has 4 nitrogen and oxygen atoms in total. The van der Waals surface area contributed by atoms with Crippen LogP contribution in [0.2, 0.25) is 5.02 Å². The van der Waals surface area contributed by atoms with E-state index in [0.29, 0.717) is 36.9 Å². The maximum atomic E-state index is 13.6. The van der Waals surface area contributed by atoms with Crippen molar-refractivity contribution >= 4 is 34.1 Å². The summed E-state index contributed by atoms with van der Waals surface area (Å²) in [6, 6.07) is 19.2. The van der Waals surface area contributed by atoms with Crippen LogP contribution >= 0.6 is 11.6 Å². The lowest BCUT2D eigenvalue weighted by Gasteiger charge is -2.37. The summed E-state index contributed by atoms with van der Waals surface area (Å²) < 4.78 is 39.5. The highest BCUT2D eigenvalue weighted by Crippen LogP contribution is 2.38. The number of alkyl halides is 3. The lowest BCUT2D eigenvalue weighted by molar-refractivity contribution is -0.137. The summed E-state index contributed by atoms with van der Waals surface area (Å²) in [4.78, 5) is 20.7. The SMILES string of the molecule is CCc1cccc2c(C(CC(=O)N3CCN(c4cccc(C(F)(F)F)c4)CC3)c3ccccc3Cl)c[nH]c12. The number of halogens is 4. The second-order valence-electron chi connectivity index (χ2n) is 9.63. The number of aromatic nitrogens is 1. The molecule has 1 atom stereocenters. The molecule has 1 N–H and O–H groups in total. The van der Waals surface area contributed by atoms with Gasteiger partial charge in [-0.15, -0.1) is 0 Å². The molecule has 1 saturated heterocycles. The fourth-order valence-electron chi connectivity index (χ4n) is 5.36. The molecule has 0 radical (unpaired) electrons. The smallest absolute Gasteiger partial charge is 0.368 e. The normalized spacial score (nSPS) is 15.2. The maximum absolute atomic E-state index is 13.6. The highest BCUT2D eigenvalue weighted by atomic mass is 35.5. The second kappa shape index (κ2) is 10.7. The average Bonchev–Trinajstić information content (AvgIpc) is 3.36. The Morgan fingerprint density at radius 3 is 2.42 bits per heavy atom. The van der Waals surface area contributed by atoms with E-state index in [0.717, 1.165) is 34.5 Å². The van der Waals surface area contributed by atoms with Crippen molar-refractivity contribution in [2.75, 3.05) is 31.1 Å². The van der Waals surface area contributed by atoms with E-state index in [2.05, 4.69) is 24.0 Å². The van der Waals surface area contributed by atoms with Crippen molar-refractivity contribution < 1.29 is 18.0 Å². The van der Waals surface area contributed by atoms with Crippen LogP contribution in [-0.4, -0.2) is 42.0 Å². The van der Waals surface area contributed by atoms with Crippen molar-refractivity contribution in [1.29, 1.82) is 0 Å². The molecule has 5 rings (SSSR count). The van der Waals surface area contributed by atoms with Crippen molar-refractivity contribution in [2.45, 2.75) is 31.9 Å². The third kappa shape index (κ3) is 5.25. The van der Waals surface area contributed by atoms with Crippen molar-refractivity contribution in [3.63, 3.8) is 0 Å². The molecule has 0 aliphatic carbocycles. The Balaban J connectivity index is 1.36. The molecule has 2 heterocycles. The summed E-state index contributed by atoms with van der Waals surface area (Å²) >= 11 is 6.62. The number of fused-ring (bicyclic) bond motifs is 1. The van der Waals surface area contributed by atoms with Crippen LogP contribution in [0.15, 0.2) is 72.9 Å². The maximum Gasteiger partial charge on any atom is 0.416 e. The first-order valence-electron chi connectivity index (χ1n) is 12.8. The number of carbonyl (C=O) groups excluding carboxylic acids is 1. The molecule has 198 valence electrons. The number of hydrogen-bond donors (Lipinski definition) is 1. The number of H-pyrrole nitrogens is 1. The van der Waals surface area contributed by atoms with Crippen LogP contribution < -0.4 is 4.90 Å². The molecule has 1 aliphatic rings. The van der Waals surface area contributed by atoms with Crippen molar-refractivity contribution in [1.82, 2.24) is 9.88 Å². The standard InChI is InChI=1S/C30H29ClF3N3O/c1-2-20-7-5-11-24-26(19-35-29(20)24)25(23-10-3-4-12-27(23)31)18-28(38)37-15-13-36(14-16-37)22-9-6-8-21(17-22)30(32,33)34/h3-12,17,19,25,35H,2,13-16,18H2,1H3. The van der Waals surface area contributed by atoms with E-state index < -0.39 is 11.7 Å². The second-order valence-corrected chi connectivity index (χ2v) is 10.0. The molecule has 1 aromatic heterocycles. The number of aromatic amines is 1. The van der Waals surface area contributed by atoms with Gasteiger partial charge in [0.2, 0.25) is 5.91 Å². The Kier molecular flexibility index (Phi) is 7.39. The number of carbonyl (C=O) groups is 1. The molecule has 3 aromatic carbocycles. The summed E-state index contributed by atoms with van der Waals surface area (Å²) in [5.74, 6) is -0.238. The van der Waals surface area contributed by atoms with Gasteiger partial charge in [0.15, 0.2) is 0 Å². The third-order valence-electron chi connectivity index (χ3n) is 7.42. The number of amides is 1. The first-order valence-corrected chi connectivity index (χ1v) is 13.2. The highest BCUT2D eigenvalue weighted by Gasteiger charge is 2.32. The lowest BCUT2D eigenvalue weighted by atomic mass is 9.87. The molecule has 0 bridgehead atoms. The molecular formula is C30H29ClF3N3O. The molecule has 38 heavy (non-hydrogen) atoms. The van der Waals surface area contributed by atoms with Crippen molar-refractivity contribution in [3.8, 4) is 0 Å². The van der Waals surface area contributed by atoms with Crippen LogP contribution in [0.25, 0.3) is 10.9 Å². The first-order chi connectivity index (χ1) is 18.3. The Bertz CT molecular complexity index is 1440. The quantitative estimate of drug-likeness (QED) is 0.280. The van der Waals surface area contributed by atoms with E-state index in [-0.39, 0.29) is 18.2 Å². The van der Waals surface area contributed by atoms with Gasteiger partial charge in [-0.25, -0.2) is 0 Å². The fraction of sp³-hybridized carbons (Fsp3) is 0.300. The van der Waals surface area contributed by atoms with E-state index in [1.165, 1.54) is 17.7 Å². The third-order valence-corrected chi connectivity index (χ3v) is 7.76. The molecule has 0 saturated carbocycles. The molecule has 8 heteroatoms. The van der Waals surface area contributed by atoms with Crippen LogP contribution in [-0.2, 0) is 17.4 Å². The van der Waals surface area contributed by atoms with Gasteiger partial charge < -0.3 is 14.8 Å². The molecule has 1 aliphatic heterocycles. The zero-order valence-electron chi connectivity index (χ0n) is 21.1. The van der Waals surface area contributed by atoms with Gasteiger partial charge in [0.1, 0.15) is 0 Å². The number of anilines is 1. The lowest BCUT2D eigenvalue weighted by Crippen LogP contribution is -2.49. The van der Waals surface area contributed by atoms with Gasteiger partial charge in [0.25, 0.3) is 0 Å². The van der Waals surface area contributed by atoms with Crippen molar-refractivity contribution in [2.24, 2.45) is 0 Å². The van der Waals surface area contributed by atoms with Gasteiger partial charge in [-0.1, -0.05) is 61.0 Å². The number of hydrogen-bond acceptors (Lipinski definition) is 2. The Morgan fingerprint density at radius 2 is 1.71 bits per heavy atom. The van der Waals surface area contributed by atoms with Crippen LogP contribution in [0, 0.1) is 0 Å². The van der Waals surface area contributed by atoms with Gasteiger partial charge in [-0.2, -0.15) is 13.2 Å². The predicted octanol–water partition coefficient (Wildman–Crippen LogP) is 7.27. The van der Waals surface area contributed by atoms with Gasteiger partial charge in [0, 0.05) is 66.3 Å². The molecule has 1 fully saturated rings. The molecular weight excluding hydrogens is 511 g/mol. The number of benzene rings is 3. The van der Waals surface area contributed by atoms with Gasteiger partial charge in [-0.05, 0) is 47.4 Å². The molecule has 4 aromatic rings. The number of nitrogens with one attached hydrogen (secondary N) is 1. The highest BCUT2D eigenvalue weighted by molar-refractivity contribution is 6.31. The molecule has 1 unspecified atom stereocenters. The number of rotatable bonds is 6. The minimum Gasteiger partial charge on any atom is -0.368 e. The van der Waals surface area contributed by atoms with E-state index >= 15 is 0 Å². The van der Waals surface area contributed by atoms with Crippen LogP contribution in [0.4, 0.5) is 18.9 Å². The van der Waals surface area contributed by atoms with Gasteiger partial charge in [-0.3, -0.25) is 4.79 Å². The summed E-state index contributed by atoms with van der Waals surface area (Å²) in [6.07, 6.45) is -1.27. The minimum absolute atomic E-state index is 0.000363. The number of nitrogens with zero attached hydrogens (tertiary/aromatic N) is 2. The molecule has 1 amide bonds. The van der Waals surface area contributed by atoms with Crippen LogP contribution in [0.3, 0.4) is 0 Å². The van der Waals surface area contributed by atoms with Crippen molar-refractivity contribution in [3.05, 3.63) is 100 Å². The Morgan fingerprint density at radius 1 is 0.974 bits per heavy atom. The number of piperazine rings is 1. The van der Waals surface area contributed by atoms with E-state index in [9.17, 15) is 18.0 Å². The predicted molar refractivity (Wildman–Crippen MR) is 146 cm³/mol. The summed E-state index contributed by atoms with van der Waals surface area (Å²) in [5.41, 5.74) is 4.06. The monoisotopic (exact) mass is 539 g/mol. The van der Waals surface area contributed by atoms with Gasteiger partial charge >= 0.3 is 6.18 Å². The average molecular weight is 540 g/mol. The van der Waals surface area contributed by atoms with E-state index in [1.54, 1.807) is 11.0 Å². The summed E-state index contributed by atoms with van der Waals surface area (Å²) in [7, 11) is 0. The Hall–Kier alpha value is -3.45. The first kappa shape index (κ1) is 26.2. The van der Waals surface area contributed by atoms with Crippen LogP contribution in [0.5, 0.6) is 0 Å². The topological polar surface area (TPSA) is 39.3 Å².